The summed E-state index contributed by atoms with van der Waals surface area (Å²) in [5, 5.41) is 17.5. The van der Waals surface area contributed by atoms with Gasteiger partial charge in [-0.3, -0.25) is 0 Å². The van der Waals surface area contributed by atoms with Gasteiger partial charge in [-0.05, 0) is 35.8 Å². The number of aromatic nitrogens is 3. The van der Waals surface area contributed by atoms with Crippen molar-refractivity contribution in [3.05, 3.63) is 45.9 Å². The topological polar surface area (TPSA) is 87.6 Å². The second kappa shape index (κ2) is 6.96. The highest BCUT2D eigenvalue weighted by atomic mass is 35.5. The molecule has 0 fully saturated rings. The van der Waals surface area contributed by atoms with Crippen molar-refractivity contribution < 1.29 is 4.52 Å². The van der Waals surface area contributed by atoms with Gasteiger partial charge in [-0.25, -0.2) is 0 Å². The third-order valence-electron chi connectivity index (χ3n) is 2.96. The Balaban J connectivity index is 1.61. The lowest BCUT2D eigenvalue weighted by atomic mass is 10.2. The molecule has 23 heavy (non-hydrogen) atoms. The molecular formula is C14H9Cl2N5OS. The van der Waals surface area contributed by atoms with Crippen molar-refractivity contribution in [1.82, 2.24) is 14.5 Å². The summed E-state index contributed by atoms with van der Waals surface area (Å²) in [6.07, 6.45) is 0.515. The third-order valence-corrected chi connectivity index (χ3v) is 4.39. The molecule has 1 N–H and O–H groups in total. The lowest BCUT2D eigenvalue weighted by molar-refractivity contribution is 0.381. The van der Waals surface area contributed by atoms with Gasteiger partial charge in [0.05, 0.1) is 0 Å². The molecule has 0 saturated carbocycles. The van der Waals surface area contributed by atoms with Gasteiger partial charge in [0.2, 0.25) is 11.7 Å². The van der Waals surface area contributed by atoms with E-state index in [-0.39, 0.29) is 5.15 Å². The van der Waals surface area contributed by atoms with E-state index in [1.54, 1.807) is 12.1 Å². The molecule has 0 bridgehead atoms. The molecule has 0 aliphatic heterocycles. The van der Waals surface area contributed by atoms with Crippen molar-refractivity contribution in [2.24, 2.45) is 0 Å². The number of nitrogens with one attached hydrogen (secondary N) is 1. The lowest BCUT2D eigenvalue weighted by Crippen LogP contribution is -2.04. The van der Waals surface area contributed by atoms with Crippen LogP contribution < -0.4 is 5.32 Å². The zero-order chi connectivity index (χ0) is 16.2. The van der Waals surface area contributed by atoms with Gasteiger partial charge >= 0.3 is 0 Å². The average molecular weight is 366 g/mol. The minimum absolute atomic E-state index is 0.211. The summed E-state index contributed by atoms with van der Waals surface area (Å²) in [4.78, 5) is 4.32. The van der Waals surface area contributed by atoms with Crippen LogP contribution in [0.2, 0.25) is 10.2 Å². The van der Waals surface area contributed by atoms with E-state index >= 15 is 0 Å². The van der Waals surface area contributed by atoms with Gasteiger partial charge in [-0.1, -0.05) is 28.4 Å². The van der Waals surface area contributed by atoms with Crippen molar-refractivity contribution in [2.45, 2.75) is 6.42 Å². The second-order valence-electron chi connectivity index (χ2n) is 4.48. The maximum absolute atomic E-state index is 9.00. The molecule has 3 aromatic rings. The summed E-state index contributed by atoms with van der Waals surface area (Å²) in [6.45, 7) is 0.523. The first kappa shape index (κ1) is 15.7. The molecule has 116 valence electrons. The fourth-order valence-corrected chi connectivity index (χ4v) is 2.93. The largest absolute Gasteiger partial charge is 0.374 e. The minimum atomic E-state index is 0.211. The molecule has 0 atom stereocenters. The molecule has 0 radical (unpaired) electrons. The van der Waals surface area contributed by atoms with Gasteiger partial charge in [-0.15, -0.1) is 0 Å². The first-order valence-electron chi connectivity index (χ1n) is 6.55. The van der Waals surface area contributed by atoms with Crippen molar-refractivity contribution in [3.8, 4) is 17.5 Å². The van der Waals surface area contributed by atoms with E-state index in [0.717, 1.165) is 17.1 Å². The Hall–Kier alpha value is -2.14. The fraction of sp³-hybridized carbons (Fsp3) is 0.143. The Kier molecular flexibility index (Phi) is 4.76. The molecule has 0 amide bonds. The number of hydrogen-bond donors (Lipinski definition) is 1. The quantitative estimate of drug-likeness (QED) is 0.734. The van der Waals surface area contributed by atoms with Gasteiger partial charge < -0.3 is 9.84 Å². The Bertz CT molecular complexity index is 853. The Morgan fingerprint density at radius 2 is 2.04 bits per heavy atom. The van der Waals surface area contributed by atoms with Crippen molar-refractivity contribution in [1.29, 1.82) is 5.26 Å². The maximum Gasteiger partial charge on any atom is 0.228 e. The molecule has 2 aromatic heterocycles. The van der Waals surface area contributed by atoms with Crippen LogP contribution in [-0.4, -0.2) is 21.1 Å². The molecule has 6 nitrogen and oxygen atoms in total. The smallest absolute Gasteiger partial charge is 0.228 e. The number of rotatable bonds is 5. The van der Waals surface area contributed by atoms with E-state index in [0.29, 0.717) is 40.3 Å². The van der Waals surface area contributed by atoms with E-state index in [4.69, 9.17) is 33.0 Å². The van der Waals surface area contributed by atoms with Crippen LogP contribution >= 0.6 is 34.7 Å². The Labute approximate surface area is 145 Å². The summed E-state index contributed by atoms with van der Waals surface area (Å²) in [7, 11) is 0. The molecule has 0 saturated heterocycles. The monoisotopic (exact) mass is 365 g/mol. The average Bonchev–Trinajstić information content (AvgIpc) is 3.15. The number of hydrogen-bond acceptors (Lipinski definition) is 7. The molecule has 0 unspecified atom stereocenters. The number of benzene rings is 1. The molecule has 2 heterocycles. The highest BCUT2D eigenvalue weighted by Gasteiger charge is 2.12. The number of halogens is 2. The van der Waals surface area contributed by atoms with E-state index in [1.165, 1.54) is 0 Å². The van der Waals surface area contributed by atoms with Gasteiger partial charge in [0.25, 0.3) is 0 Å². The predicted molar refractivity (Wildman–Crippen MR) is 88.8 cm³/mol. The lowest BCUT2D eigenvalue weighted by Gasteiger charge is -2.00. The molecular weight excluding hydrogens is 357 g/mol. The number of nitrogens with zero attached hydrogens (tertiary/aromatic N) is 4. The normalized spacial score (nSPS) is 10.5. The van der Waals surface area contributed by atoms with E-state index in [1.807, 2.05) is 18.2 Å². The van der Waals surface area contributed by atoms with Gasteiger partial charge in [-0.2, -0.15) is 14.6 Å². The predicted octanol–water partition coefficient (Wildman–Crippen LogP) is 4.03. The van der Waals surface area contributed by atoms with Crippen molar-refractivity contribution in [3.63, 3.8) is 0 Å². The SMILES string of the molecule is N#Cc1c(Cl)nsc1NCCc1nc(-c2ccc(Cl)cc2)no1. The zero-order valence-electron chi connectivity index (χ0n) is 11.6. The highest BCUT2D eigenvalue weighted by Crippen LogP contribution is 2.27. The standard InChI is InChI=1S/C14H9Cl2N5OS/c15-9-3-1-8(2-4-9)13-19-11(22-20-13)5-6-18-14-10(7-17)12(16)21-23-14/h1-4,18H,5-6H2. The number of anilines is 1. The van der Waals surface area contributed by atoms with Gasteiger partial charge in [0, 0.05) is 23.6 Å². The van der Waals surface area contributed by atoms with E-state index in [9.17, 15) is 0 Å². The van der Waals surface area contributed by atoms with Crippen LogP contribution in [0.1, 0.15) is 11.5 Å². The van der Waals surface area contributed by atoms with E-state index < -0.39 is 0 Å². The fourth-order valence-electron chi connectivity index (χ4n) is 1.84. The van der Waals surface area contributed by atoms with Crippen LogP contribution in [0.15, 0.2) is 28.8 Å². The summed E-state index contributed by atoms with van der Waals surface area (Å²) in [6, 6.07) is 9.21. The summed E-state index contributed by atoms with van der Waals surface area (Å²) >= 11 is 12.8. The van der Waals surface area contributed by atoms with Crippen LogP contribution in [0.5, 0.6) is 0 Å². The number of nitriles is 1. The van der Waals surface area contributed by atoms with Crippen LogP contribution in [0.3, 0.4) is 0 Å². The van der Waals surface area contributed by atoms with E-state index in [2.05, 4.69) is 19.8 Å². The first-order valence-corrected chi connectivity index (χ1v) is 8.08. The third kappa shape index (κ3) is 3.62. The zero-order valence-corrected chi connectivity index (χ0v) is 13.9. The molecule has 1 aromatic carbocycles. The van der Waals surface area contributed by atoms with Crippen LogP contribution in [0, 0.1) is 11.3 Å². The van der Waals surface area contributed by atoms with Crippen LogP contribution in [0.25, 0.3) is 11.4 Å². The summed E-state index contributed by atoms with van der Waals surface area (Å²) < 4.78 is 9.14. The molecule has 3 rings (SSSR count). The Morgan fingerprint density at radius 3 is 2.78 bits per heavy atom. The molecule has 0 spiro atoms. The van der Waals surface area contributed by atoms with Crippen LogP contribution in [-0.2, 0) is 6.42 Å². The second-order valence-corrected chi connectivity index (χ2v) is 6.05. The van der Waals surface area contributed by atoms with Gasteiger partial charge in [0.15, 0.2) is 5.15 Å². The molecule has 0 aliphatic rings. The first-order chi connectivity index (χ1) is 11.2. The molecule has 9 heteroatoms. The maximum atomic E-state index is 9.00. The van der Waals surface area contributed by atoms with Gasteiger partial charge in [0.1, 0.15) is 16.6 Å². The molecule has 0 aliphatic carbocycles. The summed E-state index contributed by atoms with van der Waals surface area (Å²) in [5.41, 5.74) is 1.18. The van der Waals surface area contributed by atoms with Crippen LogP contribution in [0.4, 0.5) is 5.00 Å². The highest BCUT2D eigenvalue weighted by molar-refractivity contribution is 7.10. The minimum Gasteiger partial charge on any atom is -0.374 e. The van der Waals surface area contributed by atoms with Crippen molar-refractivity contribution >= 4 is 39.7 Å². The Morgan fingerprint density at radius 1 is 1.26 bits per heavy atom. The van der Waals surface area contributed by atoms with Crippen molar-refractivity contribution in [2.75, 3.05) is 11.9 Å². The summed E-state index contributed by atoms with van der Waals surface area (Å²) in [5.74, 6) is 1.01.